The number of hydrogen-bond donors (Lipinski definition) is 0. The van der Waals surface area contributed by atoms with Crippen LogP contribution in [-0.4, -0.2) is 6.61 Å². The minimum Gasteiger partial charge on any atom is -0.491 e. The highest BCUT2D eigenvalue weighted by Gasteiger charge is 2.30. The fourth-order valence-corrected chi connectivity index (χ4v) is 6.64. The summed E-state index contributed by atoms with van der Waals surface area (Å²) in [4.78, 5) is 0. The zero-order valence-electron chi connectivity index (χ0n) is 22.6. The fourth-order valence-electron chi connectivity index (χ4n) is 6.64. The molecule has 0 radical (unpaired) electrons. The molecule has 0 heterocycles. The van der Waals surface area contributed by atoms with Crippen LogP contribution in [0.2, 0.25) is 0 Å². The Morgan fingerprint density at radius 1 is 0.811 bits per heavy atom. The van der Waals surface area contributed by atoms with Gasteiger partial charge in [0.2, 0.25) is 5.82 Å². The number of benzene rings is 2. The van der Waals surface area contributed by atoms with E-state index in [9.17, 15) is 13.2 Å². The summed E-state index contributed by atoms with van der Waals surface area (Å²) in [5, 5.41) is 0. The summed E-state index contributed by atoms with van der Waals surface area (Å²) in [6, 6.07) is 7.51. The van der Waals surface area contributed by atoms with E-state index >= 15 is 0 Å². The van der Waals surface area contributed by atoms with Crippen LogP contribution in [0.1, 0.15) is 90.0 Å². The van der Waals surface area contributed by atoms with Crippen LogP contribution in [-0.2, 0) is 6.42 Å². The number of rotatable bonds is 10. The van der Waals surface area contributed by atoms with E-state index in [4.69, 9.17) is 4.74 Å². The van der Waals surface area contributed by atoms with Crippen molar-refractivity contribution < 1.29 is 17.9 Å². The molecular formula is C33H43F3O. The molecule has 0 unspecified atom stereocenters. The third-order valence-corrected chi connectivity index (χ3v) is 8.75. The Labute approximate surface area is 221 Å². The Balaban J connectivity index is 1.23. The molecule has 0 aromatic heterocycles. The number of aryl methyl sites for hydroxylation is 1. The zero-order chi connectivity index (χ0) is 26.2. The Bertz CT molecular complexity index is 1030. The van der Waals surface area contributed by atoms with E-state index in [-0.39, 0.29) is 23.5 Å². The summed E-state index contributed by atoms with van der Waals surface area (Å²) in [5.41, 5.74) is 0.837. The van der Waals surface area contributed by atoms with E-state index in [0.717, 1.165) is 36.2 Å². The van der Waals surface area contributed by atoms with Gasteiger partial charge >= 0.3 is 0 Å². The maximum absolute atomic E-state index is 14.8. The van der Waals surface area contributed by atoms with Crippen LogP contribution < -0.4 is 4.74 Å². The van der Waals surface area contributed by atoms with E-state index in [0.29, 0.717) is 5.92 Å². The summed E-state index contributed by atoms with van der Waals surface area (Å²) in [6.07, 6.45) is 20.1. The summed E-state index contributed by atoms with van der Waals surface area (Å²) in [7, 11) is 0. The highest BCUT2D eigenvalue weighted by atomic mass is 19.2. The largest absolute Gasteiger partial charge is 0.491 e. The van der Waals surface area contributed by atoms with Crippen molar-refractivity contribution in [2.24, 2.45) is 23.7 Å². The maximum atomic E-state index is 14.8. The second kappa shape index (κ2) is 13.5. The summed E-state index contributed by atoms with van der Waals surface area (Å²) in [5.74, 6) is 0.694. The molecule has 1 nitrogen and oxygen atoms in total. The quantitative estimate of drug-likeness (QED) is 0.288. The van der Waals surface area contributed by atoms with Crippen LogP contribution in [0.15, 0.2) is 42.5 Å². The van der Waals surface area contributed by atoms with Crippen LogP contribution in [0.3, 0.4) is 0 Å². The summed E-state index contributed by atoms with van der Waals surface area (Å²) < 4.78 is 48.6. The van der Waals surface area contributed by atoms with Crippen molar-refractivity contribution in [3.8, 4) is 16.9 Å². The van der Waals surface area contributed by atoms with Crippen molar-refractivity contribution in [2.45, 2.75) is 90.9 Å². The predicted octanol–water partition coefficient (Wildman–Crippen LogP) is 10.1. The molecule has 2 aromatic rings. The average Bonchev–Trinajstić information content (AvgIpc) is 2.91. The number of ether oxygens (including phenoxy) is 1. The van der Waals surface area contributed by atoms with E-state index in [1.807, 2.05) is 0 Å². The maximum Gasteiger partial charge on any atom is 0.201 e. The minimum absolute atomic E-state index is 0.0642. The number of hydrogen-bond acceptors (Lipinski definition) is 1. The Kier molecular flexibility index (Phi) is 10.2. The number of allylic oxidation sites excluding steroid dienone is 2. The molecule has 4 heteroatoms. The van der Waals surface area contributed by atoms with Crippen LogP contribution >= 0.6 is 0 Å². The molecule has 2 aliphatic rings. The lowest BCUT2D eigenvalue weighted by molar-refractivity contribution is 0.152. The molecule has 0 bridgehead atoms. The molecule has 2 fully saturated rings. The van der Waals surface area contributed by atoms with Gasteiger partial charge in [-0.15, -0.1) is 0 Å². The SMILES string of the molecule is CCCC1CCC(C2CCC(/C=C/CCc3ccc(-c4ccc(OCC)c(F)c4F)c(F)c3)CC2)CC1. The van der Waals surface area contributed by atoms with Gasteiger partial charge in [0.05, 0.1) is 6.61 Å². The van der Waals surface area contributed by atoms with Gasteiger partial charge in [-0.1, -0.05) is 56.9 Å². The molecule has 37 heavy (non-hydrogen) atoms. The standard InChI is InChI=1S/C33H43F3O/c1-3-7-23-10-15-26(16-11-23)27-17-12-24(13-18-27)8-5-6-9-25-14-19-28(30(34)22-25)29-20-21-31(37-4-2)33(36)32(29)35/h5,8,14,19-24,26-27H,3-4,6-7,9-13,15-18H2,1-2H3/b8-5+. The molecule has 202 valence electrons. The third-order valence-electron chi connectivity index (χ3n) is 8.75. The Morgan fingerprint density at radius 3 is 2.14 bits per heavy atom. The lowest BCUT2D eigenvalue weighted by atomic mass is 9.68. The van der Waals surface area contributed by atoms with Crippen LogP contribution in [0.4, 0.5) is 13.2 Å². The monoisotopic (exact) mass is 512 g/mol. The van der Waals surface area contributed by atoms with E-state index in [2.05, 4.69) is 19.1 Å². The highest BCUT2D eigenvalue weighted by Crippen LogP contribution is 2.42. The molecule has 2 aliphatic carbocycles. The molecule has 2 aromatic carbocycles. The van der Waals surface area contributed by atoms with Gasteiger partial charge in [0.15, 0.2) is 11.6 Å². The first-order chi connectivity index (χ1) is 18.0. The van der Waals surface area contributed by atoms with Crippen LogP contribution in [0.5, 0.6) is 5.75 Å². The van der Waals surface area contributed by atoms with Gasteiger partial charge in [-0.2, -0.15) is 4.39 Å². The number of halogens is 3. The predicted molar refractivity (Wildman–Crippen MR) is 146 cm³/mol. The Morgan fingerprint density at radius 2 is 1.49 bits per heavy atom. The van der Waals surface area contributed by atoms with Crippen molar-refractivity contribution in [1.29, 1.82) is 0 Å². The lowest BCUT2D eigenvalue weighted by Gasteiger charge is -2.37. The van der Waals surface area contributed by atoms with E-state index in [1.165, 1.54) is 82.4 Å². The molecule has 0 atom stereocenters. The molecule has 0 amide bonds. The van der Waals surface area contributed by atoms with E-state index < -0.39 is 17.5 Å². The van der Waals surface area contributed by atoms with Gasteiger partial charge in [-0.05, 0) is 106 Å². The highest BCUT2D eigenvalue weighted by molar-refractivity contribution is 5.66. The molecule has 0 saturated heterocycles. The van der Waals surface area contributed by atoms with Crippen molar-refractivity contribution in [2.75, 3.05) is 6.61 Å². The second-order valence-corrected chi connectivity index (χ2v) is 11.2. The first-order valence-electron chi connectivity index (χ1n) is 14.6. The topological polar surface area (TPSA) is 9.23 Å². The van der Waals surface area contributed by atoms with Crippen molar-refractivity contribution >= 4 is 0 Å². The molecule has 0 aliphatic heterocycles. The molecule has 2 saturated carbocycles. The Hall–Kier alpha value is -2.23. The average molecular weight is 513 g/mol. The van der Waals surface area contributed by atoms with E-state index in [1.54, 1.807) is 19.1 Å². The first-order valence-corrected chi connectivity index (χ1v) is 14.6. The van der Waals surface area contributed by atoms with Crippen molar-refractivity contribution in [1.82, 2.24) is 0 Å². The first kappa shape index (κ1) is 27.8. The van der Waals surface area contributed by atoms with Gasteiger partial charge in [-0.3, -0.25) is 0 Å². The molecular weight excluding hydrogens is 469 g/mol. The summed E-state index contributed by atoms with van der Waals surface area (Å²) >= 11 is 0. The summed E-state index contributed by atoms with van der Waals surface area (Å²) in [6.45, 7) is 4.24. The third kappa shape index (κ3) is 7.21. The van der Waals surface area contributed by atoms with Crippen molar-refractivity contribution in [3.63, 3.8) is 0 Å². The minimum atomic E-state index is -1.08. The van der Waals surface area contributed by atoms with Crippen molar-refractivity contribution in [3.05, 3.63) is 65.5 Å². The zero-order valence-corrected chi connectivity index (χ0v) is 22.6. The molecule has 4 rings (SSSR count). The van der Waals surface area contributed by atoms with Crippen LogP contribution in [0.25, 0.3) is 11.1 Å². The fraction of sp³-hybridized carbons (Fsp3) is 0.576. The lowest BCUT2D eigenvalue weighted by Crippen LogP contribution is -2.25. The van der Waals surface area contributed by atoms with Gasteiger partial charge in [0.1, 0.15) is 5.82 Å². The van der Waals surface area contributed by atoms with Gasteiger partial charge < -0.3 is 4.74 Å². The van der Waals surface area contributed by atoms with Crippen LogP contribution in [0, 0.1) is 41.1 Å². The molecule has 0 N–H and O–H groups in total. The van der Waals surface area contributed by atoms with Gasteiger partial charge in [0, 0.05) is 11.1 Å². The van der Waals surface area contributed by atoms with Gasteiger partial charge in [-0.25, -0.2) is 8.78 Å². The normalized spacial score (nSPS) is 24.5. The molecule has 0 spiro atoms. The van der Waals surface area contributed by atoms with Gasteiger partial charge in [0.25, 0.3) is 0 Å². The smallest absolute Gasteiger partial charge is 0.201 e. The second-order valence-electron chi connectivity index (χ2n) is 11.2.